The van der Waals surface area contributed by atoms with Gasteiger partial charge in [-0.3, -0.25) is 4.90 Å². The van der Waals surface area contributed by atoms with E-state index in [1.165, 1.54) is 5.56 Å². The van der Waals surface area contributed by atoms with Gasteiger partial charge in [0.15, 0.2) is 11.5 Å². The van der Waals surface area contributed by atoms with Crippen LogP contribution in [0.25, 0.3) is 0 Å². The van der Waals surface area contributed by atoms with Crippen molar-refractivity contribution in [3.63, 3.8) is 0 Å². The molecule has 4 heteroatoms. The smallest absolute Gasteiger partial charge is 0.164 e. The molecule has 0 aliphatic rings. The molecule has 0 fully saturated rings. The van der Waals surface area contributed by atoms with E-state index in [-0.39, 0.29) is 0 Å². The van der Waals surface area contributed by atoms with Crippen LogP contribution in [0.5, 0.6) is 11.5 Å². The molecular weight excluding hydrogens is 300 g/mol. The standard InChI is InChI=1S/C20H28N2O2/c1-4-22(15-16-9-6-5-7-10-16)12-8-11-17-13-18(21)14-19(23-2)20(17)24-3/h5-7,9-10,13-14H,4,8,11-12,15,21H2,1-3H3. The molecule has 0 saturated carbocycles. The van der Waals surface area contributed by atoms with Gasteiger partial charge in [-0.25, -0.2) is 0 Å². The maximum absolute atomic E-state index is 5.97. The summed E-state index contributed by atoms with van der Waals surface area (Å²) in [5, 5.41) is 0. The predicted octanol–water partition coefficient (Wildman–Crippen LogP) is 3.74. The van der Waals surface area contributed by atoms with Crippen LogP contribution in [-0.4, -0.2) is 32.2 Å². The summed E-state index contributed by atoms with van der Waals surface area (Å²) in [5.41, 5.74) is 9.13. The number of benzene rings is 2. The van der Waals surface area contributed by atoms with Crippen LogP contribution < -0.4 is 15.2 Å². The lowest BCUT2D eigenvalue weighted by Gasteiger charge is -2.21. The van der Waals surface area contributed by atoms with E-state index in [4.69, 9.17) is 15.2 Å². The van der Waals surface area contributed by atoms with E-state index in [1.807, 2.05) is 6.07 Å². The number of aryl methyl sites for hydroxylation is 1. The van der Waals surface area contributed by atoms with Crippen LogP contribution in [0.4, 0.5) is 5.69 Å². The number of ether oxygens (including phenoxy) is 2. The summed E-state index contributed by atoms with van der Waals surface area (Å²) in [4.78, 5) is 2.45. The number of nitrogens with zero attached hydrogens (tertiary/aromatic N) is 1. The monoisotopic (exact) mass is 328 g/mol. The Labute approximate surface area is 145 Å². The van der Waals surface area contributed by atoms with Gasteiger partial charge in [-0.05, 0) is 37.6 Å². The molecule has 0 radical (unpaired) electrons. The van der Waals surface area contributed by atoms with Crippen LogP contribution in [-0.2, 0) is 13.0 Å². The van der Waals surface area contributed by atoms with Crippen molar-refractivity contribution in [3.8, 4) is 11.5 Å². The first-order valence-electron chi connectivity index (χ1n) is 8.44. The summed E-state index contributed by atoms with van der Waals surface area (Å²) in [5.74, 6) is 1.49. The number of methoxy groups -OCH3 is 2. The lowest BCUT2D eigenvalue weighted by atomic mass is 10.1. The number of nitrogens with two attached hydrogens (primary N) is 1. The summed E-state index contributed by atoms with van der Waals surface area (Å²) >= 11 is 0. The third-order valence-electron chi connectivity index (χ3n) is 4.19. The summed E-state index contributed by atoms with van der Waals surface area (Å²) in [6.07, 6.45) is 1.96. The zero-order valence-electron chi connectivity index (χ0n) is 14.9. The Morgan fingerprint density at radius 1 is 1.04 bits per heavy atom. The Morgan fingerprint density at radius 3 is 2.42 bits per heavy atom. The maximum Gasteiger partial charge on any atom is 0.164 e. The SMILES string of the molecule is CCN(CCCc1cc(N)cc(OC)c1OC)Cc1ccccc1. The summed E-state index contributed by atoms with van der Waals surface area (Å²) in [7, 11) is 3.31. The Hall–Kier alpha value is -2.20. The molecule has 2 N–H and O–H groups in total. The third-order valence-corrected chi connectivity index (χ3v) is 4.19. The number of anilines is 1. The molecule has 0 unspecified atom stereocenters. The molecular formula is C20H28N2O2. The predicted molar refractivity (Wildman–Crippen MR) is 99.7 cm³/mol. The average molecular weight is 328 g/mol. The molecule has 0 aliphatic heterocycles. The number of hydrogen-bond donors (Lipinski definition) is 1. The van der Waals surface area contributed by atoms with Gasteiger partial charge in [0.2, 0.25) is 0 Å². The fraction of sp³-hybridized carbons (Fsp3) is 0.400. The van der Waals surface area contributed by atoms with E-state index in [9.17, 15) is 0 Å². The summed E-state index contributed by atoms with van der Waals surface area (Å²) < 4.78 is 10.9. The minimum absolute atomic E-state index is 0.698. The number of hydrogen-bond acceptors (Lipinski definition) is 4. The molecule has 4 nitrogen and oxygen atoms in total. The van der Waals surface area contributed by atoms with E-state index >= 15 is 0 Å². The van der Waals surface area contributed by atoms with E-state index in [0.29, 0.717) is 11.4 Å². The van der Waals surface area contributed by atoms with Gasteiger partial charge in [0.1, 0.15) is 0 Å². The quantitative estimate of drug-likeness (QED) is 0.712. The second kappa shape index (κ2) is 9.18. The highest BCUT2D eigenvalue weighted by molar-refractivity contribution is 5.57. The van der Waals surface area contributed by atoms with Crippen molar-refractivity contribution in [1.29, 1.82) is 0 Å². The molecule has 0 saturated heterocycles. The highest BCUT2D eigenvalue weighted by Crippen LogP contribution is 2.34. The Kier molecular flexibility index (Phi) is 6.94. The molecule has 2 aromatic rings. The molecule has 0 heterocycles. The highest BCUT2D eigenvalue weighted by Gasteiger charge is 2.12. The van der Waals surface area contributed by atoms with Crippen molar-refractivity contribution in [2.24, 2.45) is 0 Å². The number of rotatable bonds is 9. The molecule has 0 amide bonds. The second-order valence-electron chi connectivity index (χ2n) is 5.87. The molecule has 0 bridgehead atoms. The van der Waals surface area contributed by atoms with E-state index < -0.39 is 0 Å². The first-order chi connectivity index (χ1) is 11.7. The molecule has 24 heavy (non-hydrogen) atoms. The van der Waals surface area contributed by atoms with Crippen LogP contribution in [0.2, 0.25) is 0 Å². The van der Waals surface area contributed by atoms with Gasteiger partial charge in [-0.1, -0.05) is 37.3 Å². The minimum Gasteiger partial charge on any atom is -0.493 e. The molecule has 2 rings (SSSR count). The zero-order chi connectivity index (χ0) is 17.4. The summed E-state index contributed by atoms with van der Waals surface area (Å²) in [6.45, 7) is 5.25. The first-order valence-corrected chi connectivity index (χ1v) is 8.44. The third kappa shape index (κ3) is 4.90. The van der Waals surface area contributed by atoms with Gasteiger partial charge in [0.05, 0.1) is 14.2 Å². The Morgan fingerprint density at radius 2 is 1.79 bits per heavy atom. The largest absolute Gasteiger partial charge is 0.493 e. The second-order valence-corrected chi connectivity index (χ2v) is 5.87. The van der Waals surface area contributed by atoms with Gasteiger partial charge in [-0.2, -0.15) is 0 Å². The van der Waals surface area contributed by atoms with Crippen molar-refractivity contribution < 1.29 is 9.47 Å². The van der Waals surface area contributed by atoms with Crippen LogP contribution in [0.15, 0.2) is 42.5 Å². The topological polar surface area (TPSA) is 47.7 Å². The Bertz CT molecular complexity index is 629. The molecule has 0 spiro atoms. The summed E-state index contributed by atoms with van der Waals surface area (Å²) in [6, 6.07) is 14.4. The lowest BCUT2D eigenvalue weighted by Crippen LogP contribution is -2.24. The van der Waals surface area contributed by atoms with Crippen LogP contribution in [0.1, 0.15) is 24.5 Å². The van der Waals surface area contributed by atoms with Crippen LogP contribution >= 0.6 is 0 Å². The molecule has 0 aliphatic carbocycles. The maximum atomic E-state index is 5.97. The molecule has 130 valence electrons. The van der Waals surface area contributed by atoms with Crippen molar-refractivity contribution >= 4 is 5.69 Å². The minimum atomic E-state index is 0.698. The van der Waals surface area contributed by atoms with Gasteiger partial charge < -0.3 is 15.2 Å². The van der Waals surface area contributed by atoms with Gasteiger partial charge in [0.25, 0.3) is 0 Å². The molecule has 0 aromatic heterocycles. The van der Waals surface area contributed by atoms with Gasteiger partial charge >= 0.3 is 0 Å². The van der Waals surface area contributed by atoms with E-state index in [2.05, 4.69) is 42.2 Å². The van der Waals surface area contributed by atoms with E-state index in [1.54, 1.807) is 20.3 Å². The van der Waals surface area contributed by atoms with Crippen molar-refractivity contribution in [2.75, 3.05) is 33.0 Å². The zero-order valence-corrected chi connectivity index (χ0v) is 14.9. The van der Waals surface area contributed by atoms with Gasteiger partial charge in [-0.15, -0.1) is 0 Å². The first kappa shape index (κ1) is 18.1. The van der Waals surface area contributed by atoms with Crippen molar-refractivity contribution in [2.45, 2.75) is 26.3 Å². The fourth-order valence-corrected chi connectivity index (χ4v) is 2.94. The molecule has 2 aromatic carbocycles. The highest BCUT2D eigenvalue weighted by atomic mass is 16.5. The Balaban J connectivity index is 1.96. The van der Waals surface area contributed by atoms with Crippen molar-refractivity contribution in [1.82, 2.24) is 4.90 Å². The number of nitrogen functional groups attached to an aromatic ring is 1. The normalized spacial score (nSPS) is 10.8. The van der Waals surface area contributed by atoms with Crippen LogP contribution in [0.3, 0.4) is 0 Å². The fourth-order valence-electron chi connectivity index (χ4n) is 2.94. The van der Waals surface area contributed by atoms with Crippen LogP contribution in [0, 0.1) is 0 Å². The lowest BCUT2D eigenvalue weighted by molar-refractivity contribution is 0.275. The van der Waals surface area contributed by atoms with E-state index in [0.717, 1.165) is 43.8 Å². The van der Waals surface area contributed by atoms with Gasteiger partial charge in [0, 0.05) is 23.9 Å². The average Bonchev–Trinajstić information content (AvgIpc) is 2.61. The molecule has 0 atom stereocenters. The van der Waals surface area contributed by atoms with Crippen molar-refractivity contribution in [3.05, 3.63) is 53.6 Å².